The Balaban J connectivity index is 2.14. The summed E-state index contributed by atoms with van der Waals surface area (Å²) < 4.78 is 0. The first kappa shape index (κ1) is 16.0. The van der Waals surface area contributed by atoms with E-state index in [9.17, 15) is 14.7 Å². The van der Waals surface area contributed by atoms with E-state index in [-0.39, 0.29) is 11.5 Å². The van der Waals surface area contributed by atoms with Crippen molar-refractivity contribution in [1.82, 2.24) is 0 Å². The zero-order valence-corrected chi connectivity index (χ0v) is 13.5. The van der Waals surface area contributed by atoms with Gasteiger partial charge in [-0.25, -0.2) is 4.79 Å². The SMILES string of the molecule is Cc1ccc(/C=C/C(=O)Nc2sc(C)c(C)c2C(=O)O)cc1. The molecular weight excluding hydrogens is 298 g/mol. The minimum Gasteiger partial charge on any atom is -0.478 e. The van der Waals surface area contributed by atoms with Gasteiger partial charge in [-0.05, 0) is 38.0 Å². The largest absolute Gasteiger partial charge is 0.478 e. The van der Waals surface area contributed by atoms with Gasteiger partial charge in [-0.3, -0.25) is 4.79 Å². The Labute approximate surface area is 133 Å². The number of carbonyl (C=O) groups excluding carboxylic acids is 1. The van der Waals surface area contributed by atoms with Gasteiger partial charge in [0, 0.05) is 11.0 Å². The van der Waals surface area contributed by atoms with Gasteiger partial charge >= 0.3 is 5.97 Å². The van der Waals surface area contributed by atoms with Crippen LogP contribution in [0.25, 0.3) is 6.08 Å². The molecule has 1 aromatic heterocycles. The summed E-state index contributed by atoms with van der Waals surface area (Å²) in [5.41, 5.74) is 2.92. The van der Waals surface area contributed by atoms with Crippen LogP contribution in [0.3, 0.4) is 0 Å². The quantitative estimate of drug-likeness (QED) is 0.837. The lowest BCUT2D eigenvalue weighted by Crippen LogP contribution is -2.10. The molecule has 2 aromatic rings. The molecule has 0 spiro atoms. The Kier molecular flexibility index (Phi) is 4.78. The number of hydrogen-bond donors (Lipinski definition) is 2. The van der Waals surface area contributed by atoms with Crippen molar-refractivity contribution in [2.75, 3.05) is 5.32 Å². The van der Waals surface area contributed by atoms with Gasteiger partial charge in [-0.1, -0.05) is 29.8 Å². The molecular formula is C17H17NO3S. The Morgan fingerprint density at radius 2 is 1.77 bits per heavy atom. The third-order valence-corrected chi connectivity index (χ3v) is 4.46. The summed E-state index contributed by atoms with van der Waals surface area (Å²) >= 11 is 1.27. The molecule has 4 nitrogen and oxygen atoms in total. The topological polar surface area (TPSA) is 66.4 Å². The lowest BCUT2D eigenvalue weighted by Gasteiger charge is -2.01. The number of hydrogen-bond acceptors (Lipinski definition) is 3. The first-order valence-electron chi connectivity index (χ1n) is 6.77. The van der Waals surface area contributed by atoms with Crippen molar-refractivity contribution in [2.45, 2.75) is 20.8 Å². The minimum atomic E-state index is -1.03. The number of rotatable bonds is 4. The Morgan fingerprint density at radius 1 is 1.14 bits per heavy atom. The van der Waals surface area contributed by atoms with E-state index in [2.05, 4.69) is 5.32 Å². The van der Waals surface area contributed by atoms with Crippen LogP contribution in [0.4, 0.5) is 5.00 Å². The first-order chi connectivity index (χ1) is 10.4. The fourth-order valence-corrected chi connectivity index (χ4v) is 3.03. The molecule has 0 saturated heterocycles. The second kappa shape index (κ2) is 6.58. The molecule has 2 rings (SSSR count). The summed E-state index contributed by atoms with van der Waals surface area (Å²) in [6.45, 7) is 5.58. The number of aromatic carboxylic acids is 1. The summed E-state index contributed by atoms with van der Waals surface area (Å²) in [4.78, 5) is 24.1. The summed E-state index contributed by atoms with van der Waals surface area (Å²) in [6, 6.07) is 7.76. The van der Waals surface area contributed by atoms with Crippen LogP contribution < -0.4 is 5.32 Å². The summed E-state index contributed by atoms with van der Waals surface area (Å²) in [5.74, 6) is -1.37. The van der Waals surface area contributed by atoms with Crippen LogP contribution >= 0.6 is 11.3 Å². The minimum absolute atomic E-state index is 0.166. The fourth-order valence-electron chi connectivity index (χ4n) is 1.98. The van der Waals surface area contributed by atoms with Crippen LogP contribution in [0.5, 0.6) is 0 Å². The highest BCUT2D eigenvalue weighted by molar-refractivity contribution is 7.16. The predicted molar refractivity (Wildman–Crippen MR) is 89.6 cm³/mol. The lowest BCUT2D eigenvalue weighted by atomic mass is 10.1. The lowest BCUT2D eigenvalue weighted by molar-refractivity contribution is -0.111. The van der Waals surface area contributed by atoms with Crippen LogP contribution in [0.1, 0.15) is 31.9 Å². The number of benzene rings is 1. The number of nitrogens with one attached hydrogen (secondary N) is 1. The van der Waals surface area contributed by atoms with E-state index in [0.29, 0.717) is 10.6 Å². The van der Waals surface area contributed by atoms with Gasteiger partial charge in [0.05, 0.1) is 5.56 Å². The molecule has 0 aliphatic rings. The molecule has 0 aliphatic carbocycles. The Bertz CT molecular complexity index is 742. The van der Waals surface area contributed by atoms with Crippen LogP contribution in [0.15, 0.2) is 30.3 Å². The van der Waals surface area contributed by atoms with Crippen molar-refractivity contribution in [3.8, 4) is 0 Å². The molecule has 22 heavy (non-hydrogen) atoms. The molecule has 0 saturated carbocycles. The zero-order valence-electron chi connectivity index (χ0n) is 12.6. The van der Waals surface area contributed by atoms with Crippen molar-refractivity contribution in [3.63, 3.8) is 0 Å². The van der Waals surface area contributed by atoms with E-state index in [1.807, 2.05) is 38.1 Å². The smallest absolute Gasteiger partial charge is 0.338 e. The van der Waals surface area contributed by atoms with E-state index >= 15 is 0 Å². The number of aryl methyl sites for hydroxylation is 2. The van der Waals surface area contributed by atoms with Crippen molar-refractivity contribution in [3.05, 3.63) is 57.5 Å². The normalized spacial score (nSPS) is 10.9. The molecule has 5 heteroatoms. The van der Waals surface area contributed by atoms with E-state index < -0.39 is 5.97 Å². The van der Waals surface area contributed by atoms with E-state index in [1.54, 1.807) is 13.0 Å². The first-order valence-corrected chi connectivity index (χ1v) is 7.59. The van der Waals surface area contributed by atoms with Gasteiger partial charge in [0.2, 0.25) is 5.91 Å². The summed E-state index contributed by atoms with van der Waals surface area (Å²) in [7, 11) is 0. The summed E-state index contributed by atoms with van der Waals surface area (Å²) in [5, 5.41) is 12.3. The third kappa shape index (κ3) is 3.62. The highest BCUT2D eigenvalue weighted by Crippen LogP contribution is 2.32. The van der Waals surface area contributed by atoms with E-state index in [0.717, 1.165) is 16.0 Å². The number of carboxylic acids is 1. The van der Waals surface area contributed by atoms with E-state index in [1.165, 1.54) is 17.4 Å². The molecule has 0 atom stereocenters. The standard InChI is InChI=1S/C17H17NO3S/c1-10-4-6-13(7-5-10)8-9-14(19)18-16-15(17(20)21)11(2)12(3)22-16/h4-9H,1-3H3,(H,18,19)(H,20,21)/b9-8+. The maximum absolute atomic E-state index is 12.0. The molecule has 0 fully saturated rings. The van der Waals surface area contributed by atoms with Crippen LogP contribution in [-0.4, -0.2) is 17.0 Å². The van der Waals surface area contributed by atoms with Gasteiger partial charge in [-0.2, -0.15) is 0 Å². The molecule has 1 heterocycles. The predicted octanol–water partition coefficient (Wildman–Crippen LogP) is 4.02. The molecule has 1 aromatic carbocycles. The zero-order chi connectivity index (χ0) is 16.3. The second-order valence-electron chi connectivity index (χ2n) is 5.03. The molecule has 0 aliphatic heterocycles. The van der Waals surface area contributed by atoms with Crippen molar-refractivity contribution < 1.29 is 14.7 Å². The number of thiophene rings is 1. The second-order valence-corrected chi connectivity index (χ2v) is 6.25. The van der Waals surface area contributed by atoms with Crippen molar-refractivity contribution >= 4 is 34.3 Å². The van der Waals surface area contributed by atoms with Crippen LogP contribution in [0.2, 0.25) is 0 Å². The molecule has 0 bridgehead atoms. The van der Waals surface area contributed by atoms with Crippen LogP contribution in [-0.2, 0) is 4.79 Å². The summed E-state index contributed by atoms with van der Waals surface area (Å²) in [6.07, 6.45) is 3.10. The van der Waals surface area contributed by atoms with Gasteiger partial charge in [0.15, 0.2) is 0 Å². The number of carboxylic acid groups (broad SMARTS) is 1. The number of anilines is 1. The fraction of sp³-hybridized carbons (Fsp3) is 0.176. The third-order valence-electron chi connectivity index (χ3n) is 3.34. The molecule has 114 valence electrons. The van der Waals surface area contributed by atoms with Crippen molar-refractivity contribution in [1.29, 1.82) is 0 Å². The monoisotopic (exact) mass is 315 g/mol. The molecule has 1 amide bonds. The van der Waals surface area contributed by atoms with Crippen molar-refractivity contribution in [2.24, 2.45) is 0 Å². The molecule has 0 radical (unpaired) electrons. The average Bonchev–Trinajstić information content (AvgIpc) is 2.73. The Morgan fingerprint density at radius 3 is 2.36 bits per heavy atom. The van der Waals surface area contributed by atoms with Gasteiger partial charge in [0.25, 0.3) is 0 Å². The van der Waals surface area contributed by atoms with Gasteiger partial charge < -0.3 is 10.4 Å². The van der Waals surface area contributed by atoms with Gasteiger partial charge in [-0.15, -0.1) is 11.3 Å². The molecule has 0 unspecified atom stereocenters. The van der Waals surface area contributed by atoms with E-state index in [4.69, 9.17) is 0 Å². The van der Waals surface area contributed by atoms with Crippen LogP contribution in [0, 0.1) is 20.8 Å². The van der Waals surface area contributed by atoms with Gasteiger partial charge in [0.1, 0.15) is 5.00 Å². The highest BCUT2D eigenvalue weighted by Gasteiger charge is 2.19. The number of amides is 1. The molecule has 2 N–H and O–H groups in total. The maximum Gasteiger partial charge on any atom is 0.338 e. The highest BCUT2D eigenvalue weighted by atomic mass is 32.1. The average molecular weight is 315 g/mol. The Hall–Kier alpha value is -2.40. The number of carbonyl (C=O) groups is 2. The maximum atomic E-state index is 12.0.